The van der Waals surface area contributed by atoms with Crippen molar-refractivity contribution in [1.82, 2.24) is 14.6 Å². The number of urea groups is 1. The van der Waals surface area contributed by atoms with Crippen LogP contribution in [0.1, 0.15) is 24.2 Å². The predicted molar refractivity (Wildman–Crippen MR) is 126 cm³/mol. The van der Waals surface area contributed by atoms with Crippen LogP contribution in [0.4, 0.5) is 16.3 Å². The lowest BCUT2D eigenvalue weighted by atomic mass is 10.2. The maximum absolute atomic E-state index is 12.8. The van der Waals surface area contributed by atoms with Crippen LogP contribution in [0.25, 0.3) is 5.52 Å². The van der Waals surface area contributed by atoms with E-state index < -0.39 is 0 Å². The van der Waals surface area contributed by atoms with Gasteiger partial charge in [-0.25, -0.2) is 4.79 Å². The van der Waals surface area contributed by atoms with E-state index in [4.69, 9.17) is 4.74 Å². The topological polar surface area (TPSA) is 78.3 Å². The van der Waals surface area contributed by atoms with Crippen molar-refractivity contribution in [3.63, 3.8) is 0 Å². The van der Waals surface area contributed by atoms with Crippen molar-refractivity contribution in [1.29, 1.82) is 0 Å². The van der Waals surface area contributed by atoms with Gasteiger partial charge in [-0.3, -0.25) is 4.79 Å². The fourth-order valence-electron chi connectivity index (χ4n) is 3.83. The molecule has 3 heterocycles. The van der Waals surface area contributed by atoms with Crippen molar-refractivity contribution >= 4 is 29.0 Å². The molecule has 1 fully saturated rings. The van der Waals surface area contributed by atoms with Gasteiger partial charge in [0.1, 0.15) is 11.6 Å². The van der Waals surface area contributed by atoms with Crippen LogP contribution in [-0.2, 0) is 0 Å². The van der Waals surface area contributed by atoms with Gasteiger partial charge in [0.05, 0.1) is 12.7 Å². The van der Waals surface area contributed by atoms with E-state index in [9.17, 15) is 9.59 Å². The second-order valence-corrected chi connectivity index (χ2v) is 8.17. The fraction of sp³-hybridized carbons (Fsp3) is 0.333. The molecule has 0 aliphatic carbocycles. The van der Waals surface area contributed by atoms with Crippen LogP contribution in [0.3, 0.4) is 0 Å². The lowest BCUT2D eigenvalue weighted by Crippen LogP contribution is -2.53. The molecule has 168 valence electrons. The average molecular weight is 436 g/mol. The molecule has 2 aromatic heterocycles. The van der Waals surface area contributed by atoms with E-state index >= 15 is 0 Å². The Bertz CT molecular complexity index is 1100. The summed E-state index contributed by atoms with van der Waals surface area (Å²) in [5.41, 5.74) is 2.29. The maximum Gasteiger partial charge on any atom is 0.317 e. The number of benzene rings is 1. The SMILES string of the molecule is COc1ccc(NC(=O)c2ccc3ccc(N4CCN(C(=O)NC(C)C)CC4)n3c2)cc1. The zero-order valence-corrected chi connectivity index (χ0v) is 18.7. The van der Waals surface area contributed by atoms with Gasteiger partial charge in [0.2, 0.25) is 0 Å². The number of rotatable bonds is 5. The molecule has 1 aliphatic heterocycles. The number of fused-ring (bicyclic) bond motifs is 1. The molecule has 0 bridgehead atoms. The summed E-state index contributed by atoms with van der Waals surface area (Å²) in [4.78, 5) is 29.2. The van der Waals surface area contributed by atoms with E-state index in [2.05, 4.69) is 21.6 Å². The summed E-state index contributed by atoms with van der Waals surface area (Å²) in [6.45, 7) is 6.71. The summed E-state index contributed by atoms with van der Waals surface area (Å²) in [6, 6.07) is 15.2. The van der Waals surface area contributed by atoms with E-state index in [1.54, 1.807) is 7.11 Å². The van der Waals surface area contributed by atoms with Gasteiger partial charge >= 0.3 is 6.03 Å². The fourth-order valence-corrected chi connectivity index (χ4v) is 3.83. The molecule has 0 spiro atoms. The predicted octanol–water partition coefficient (Wildman–Crippen LogP) is 3.44. The van der Waals surface area contributed by atoms with E-state index in [0.29, 0.717) is 24.3 Å². The first-order valence-electron chi connectivity index (χ1n) is 10.8. The van der Waals surface area contributed by atoms with Crippen LogP contribution in [-0.4, -0.2) is 60.6 Å². The summed E-state index contributed by atoms with van der Waals surface area (Å²) in [5.74, 6) is 1.58. The molecular weight excluding hydrogens is 406 g/mol. The number of ether oxygens (including phenoxy) is 1. The molecule has 4 rings (SSSR count). The highest BCUT2D eigenvalue weighted by Gasteiger charge is 2.23. The lowest BCUT2D eigenvalue weighted by molar-refractivity contribution is 0.102. The lowest BCUT2D eigenvalue weighted by Gasteiger charge is -2.36. The van der Waals surface area contributed by atoms with Crippen LogP contribution >= 0.6 is 0 Å². The zero-order chi connectivity index (χ0) is 22.7. The van der Waals surface area contributed by atoms with Crippen LogP contribution in [0.2, 0.25) is 0 Å². The first-order valence-corrected chi connectivity index (χ1v) is 10.8. The van der Waals surface area contributed by atoms with Gasteiger partial charge in [0.15, 0.2) is 0 Å². The Morgan fingerprint density at radius 1 is 0.938 bits per heavy atom. The van der Waals surface area contributed by atoms with Crippen LogP contribution < -0.4 is 20.3 Å². The summed E-state index contributed by atoms with van der Waals surface area (Å²) in [7, 11) is 1.61. The third kappa shape index (κ3) is 4.64. The number of carbonyl (C=O) groups excluding carboxylic acids is 2. The van der Waals surface area contributed by atoms with Crippen molar-refractivity contribution in [3.05, 3.63) is 60.3 Å². The van der Waals surface area contributed by atoms with Gasteiger partial charge in [-0.1, -0.05) is 0 Å². The number of hydrogen-bond donors (Lipinski definition) is 2. The molecule has 1 aliphatic rings. The Labute approximate surface area is 187 Å². The molecule has 3 aromatic rings. The number of carbonyl (C=O) groups is 2. The average Bonchev–Trinajstić information content (AvgIpc) is 3.22. The van der Waals surface area contributed by atoms with Crippen molar-refractivity contribution in [2.45, 2.75) is 19.9 Å². The Morgan fingerprint density at radius 3 is 2.28 bits per heavy atom. The van der Waals surface area contributed by atoms with Crippen molar-refractivity contribution < 1.29 is 14.3 Å². The first kappa shape index (κ1) is 21.5. The minimum Gasteiger partial charge on any atom is -0.497 e. The number of hydrogen-bond acceptors (Lipinski definition) is 4. The molecule has 32 heavy (non-hydrogen) atoms. The standard InChI is InChI=1S/C24H29N5O3/c1-17(2)25-24(31)28-14-12-27(13-15-28)22-11-8-20-7-4-18(16-29(20)22)23(30)26-19-5-9-21(32-3)10-6-19/h4-11,16-17H,12-15H2,1-3H3,(H,25,31)(H,26,30). The summed E-state index contributed by atoms with van der Waals surface area (Å²) < 4.78 is 7.19. The minimum absolute atomic E-state index is 0.0165. The third-order valence-electron chi connectivity index (χ3n) is 5.54. The highest BCUT2D eigenvalue weighted by atomic mass is 16.5. The number of piperazine rings is 1. The Balaban J connectivity index is 1.47. The molecule has 1 saturated heterocycles. The number of methoxy groups -OCH3 is 1. The largest absolute Gasteiger partial charge is 0.497 e. The second kappa shape index (κ2) is 9.21. The highest BCUT2D eigenvalue weighted by molar-refractivity contribution is 6.04. The first-order chi connectivity index (χ1) is 15.4. The van der Waals surface area contributed by atoms with E-state index in [-0.39, 0.29) is 18.0 Å². The smallest absolute Gasteiger partial charge is 0.317 e. The van der Waals surface area contributed by atoms with Gasteiger partial charge in [0, 0.05) is 49.6 Å². The molecule has 3 amide bonds. The molecule has 0 saturated carbocycles. The molecule has 0 unspecified atom stereocenters. The van der Waals surface area contributed by atoms with Gasteiger partial charge in [-0.2, -0.15) is 0 Å². The quantitative estimate of drug-likeness (QED) is 0.644. The summed E-state index contributed by atoms with van der Waals surface area (Å²) >= 11 is 0. The van der Waals surface area contributed by atoms with E-state index in [0.717, 1.165) is 30.2 Å². The Hall–Kier alpha value is -3.68. The molecular formula is C24H29N5O3. The van der Waals surface area contributed by atoms with Gasteiger partial charge in [-0.05, 0) is 62.4 Å². The van der Waals surface area contributed by atoms with Crippen molar-refractivity contribution in [3.8, 4) is 5.75 Å². The van der Waals surface area contributed by atoms with Gasteiger partial charge < -0.3 is 29.6 Å². The highest BCUT2D eigenvalue weighted by Crippen LogP contribution is 2.23. The second-order valence-electron chi connectivity index (χ2n) is 8.17. The summed E-state index contributed by atoms with van der Waals surface area (Å²) in [5, 5.41) is 5.88. The third-order valence-corrected chi connectivity index (χ3v) is 5.54. The van der Waals surface area contributed by atoms with Crippen LogP contribution in [0, 0.1) is 0 Å². The Morgan fingerprint density at radius 2 is 1.62 bits per heavy atom. The minimum atomic E-state index is -0.174. The van der Waals surface area contributed by atoms with Crippen LogP contribution in [0.5, 0.6) is 5.75 Å². The number of nitrogens with zero attached hydrogens (tertiary/aromatic N) is 3. The maximum atomic E-state index is 12.8. The zero-order valence-electron chi connectivity index (χ0n) is 18.7. The molecule has 0 radical (unpaired) electrons. The van der Waals surface area contributed by atoms with Gasteiger partial charge in [0.25, 0.3) is 5.91 Å². The Kier molecular flexibility index (Phi) is 6.20. The van der Waals surface area contributed by atoms with E-state index in [1.807, 2.05) is 71.8 Å². The van der Waals surface area contributed by atoms with Gasteiger partial charge in [-0.15, -0.1) is 0 Å². The van der Waals surface area contributed by atoms with Crippen molar-refractivity contribution in [2.24, 2.45) is 0 Å². The molecule has 2 N–H and O–H groups in total. The number of amides is 3. The van der Waals surface area contributed by atoms with Crippen LogP contribution in [0.15, 0.2) is 54.7 Å². The number of pyridine rings is 1. The molecule has 1 aromatic carbocycles. The number of anilines is 2. The van der Waals surface area contributed by atoms with Crippen molar-refractivity contribution in [2.75, 3.05) is 43.5 Å². The molecule has 0 atom stereocenters. The molecule has 8 nitrogen and oxygen atoms in total. The normalized spacial score (nSPS) is 14.0. The van der Waals surface area contributed by atoms with E-state index in [1.165, 1.54) is 0 Å². The summed E-state index contributed by atoms with van der Waals surface area (Å²) in [6.07, 6.45) is 1.86. The monoisotopic (exact) mass is 435 g/mol. The number of nitrogens with one attached hydrogen (secondary N) is 2. The number of aromatic nitrogens is 1. The molecule has 8 heteroatoms.